The lowest BCUT2D eigenvalue weighted by molar-refractivity contribution is 0.0203. The molecule has 0 spiro atoms. The molecule has 31 nitrogen and oxygen atoms in total. The van der Waals surface area contributed by atoms with Gasteiger partial charge in [0.1, 0.15) is 17.1 Å². The molecule has 0 unspecified atom stereocenters. The summed E-state index contributed by atoms with van der Waals surface area (Å²) < 4.78 is 34.0. The normalized spacial score (nSPS) is 12.1. The molecule has 0 aliphatic heterocycles. The maximum absolute atomic E-state index is 13.2. The molecule has 0 saturated heterocycles. The molecule has 86 heavy (non-hydrogen) atoms. The fourth-order valence-corrected chi connectivity index (χ4v) is 11.3. The number of rotatable bonds is 21. The summed E-state index contributed by atoms with van der Waals surface area (Å²) in [4.78, 5) is 66.6. The Morgan fingerprint density at radius 1 is 0.442 bits per heavy atom. The Morgan fingerprint density at radius 2 is 0.721 bits per heavy atom. The molecule has 0 aliphatic carbocycles. The molecular weight excluding hydrogens is 1130 g/mol. The van der Waals surface area contributed by atoms with Gasteiger partial charge in [0.05, 0.1) is 52.2 Å². The summed E-state index contributed by atoms with van der Waals surface area (Å²) in [5.74, 6) is -0.781. The van der Waals surface area contributed by atoms with Crippen LogP contribution in [-0.4, -0.2) is 126 Å². The molecule has 0 bridgehead atoms. The van der Waals surface area contributed by atoms with Gasteiger partial charge in [-0.15, -0.1) is 28.9 Å². The molecule has 0 radical (unpaired) electrons. The lowest BCUT2D eigenvalue weighted by Crippen LogP contribution is -2.17. The number of nitrogens with two attached hydrogens (primary N) is 3. The summed E-state index contributed by atoms with van der Waals surface area (Å²) >= 11 is 0. The van der Waals surface area contributed by atoms with Crippen molar-refractivity contribution < 1.29 is 32.8 Å². The molecule has 0 fully saturated rings. The van der Waals surface area contributed by atoms with Crippen LogP contribution in [0.1, 0.15) is 68.9 Å². The molecule has 12 aromatic rings. The first kappa shape index (κ1) is 56.3. The summed E-state index contributed by atoms with van der Waals surface area (Å²) in [5, 5.41) is 44.1. The minimum atomic E-state index is -4.76. The maximum Gasteiger partial charge on any atom is 0.578 e. The quantitative estimate of drug-likeness (QED) is 0.0688. The minimum Gasteiger partial charge on any atom is -0.366 e. The van der Waals surface area contributed by atoms with E-state index in [4.69, 9.17) is 61.0 Å². The van der Waals surface area contributed by atoms with E-state index in [0.717, 1.165) is 0 Å². The van der Waals surface area contributed by atoms with Gasteiger partial charge < -0.3 is 17.2 Å². The molecular formula is C54H58N24O7P+. The standard InChI is InChI=1S/C54H57N24O7P/c1-10-73-43(13-28(4)64-73)52-61-49(34-16-31(46(55)79)19-40-37(34)22-58-70(40)7)67-76(52)25-83-86(82,84-26-77-53(44-14-29(5)65-74(44)11-2)62-50(68-77)35-17-32(47(56)80)20-41-38(35)23-59-71(41)8)85-27-78-54(45-15-30(6)66-75(45)12-3)63-51(69-78)36-18-33(48(57)81)21-42-39(36)24-60-72(42)9/h13-24,82H,10-12,25-27H2,1-9H3,(H5-,55,56,57,79,80,81)/p+1. The van der Waals surface area contributed by atoms with E-state index >= 15 is 0 Å². The number of amides is 3. The van der Waals surface area contributed by atoms with E-state index < -0.39 is 46.1 Å². The zero-order chi connectivity index (χ0) is 60.6. The molecule has 3 amide bonds. The Balaban J connectivity index is 0.998. The second-order valence-corrected chi connectivity index (χ2v) is 22.0. The first-order chi connectivity index (χ1) is 41.2. The van der Waals surface area contributed by atoms with Gasteiger partial charge in [-0.2, -0.15) is 35.5 Å². The van der Waals surface area contributed by atoms with E-state index in [0.29, 0.717) is 103 Å². The third-order valence-corrected chi connectivity index (χ3v) is 15.8. The van der Waals surface area contributed by atoms with E-state index in [1.807, 2.05) is 59.7 Å². The SMILES string of the molecule is CCn1nc(C)cc1-c1nc(-c2cc(C(N)=O)cc3c2cnn3C)nn1CO[P+](O)(OCn1nc(-c2cc(C(N)=O)cc3c2cnn3C)nc1-c1cc(C)nn1CC)OCn1nc(-c2cc(C(N)=O)cc3c2cnn3C)nc1-c1cc(C)nn1CC. The Labute approximate surface area is 488 Å². The van der Waals surface area contributed by atoms with Gasteiger partial charge in [-0.05, 0) is 96.1 Å². The molecule has 0 aliphatic rings. The highest BCUT2D eigenvalue weighted by atomic mass is 31.2. The molecule has 3 aromatic carbocycles. The number of carbonyl (C=O) groups is 3. The van der Waals surface area contributed by atoms with Crippen molar-refractivity contribution in [1.82, 2.24) is 103 Å². The third kappa shape index (κ3) is 10.1. The molecule has 9 aromatic heterocycles. The average Bonchev–Trinajstić information content (AvgIpc) is 2.28. The third-order valence-electron chi connectivity index (χ3n) is 14.5. The first-order valence-electron chi connectivity index (χ1n) is 27.0. The van der Waals surface area contributed by atoms with E-state index in [1.54, 1.807) is 104 Å². The number of nitrogens with zero attached hydrogens (tertiary/aromatic N) is 21. The largest absolute Gasteiger partial charge is 0.578 e. The van der Waals surface area contributed by atoms with Crippen molar-refractivity contribution in [3.05, 3.63) is 107 Å². The van der Waals surface area contributed by atoms with Crippen LogP contribution in [-0.2, 0) is 74.5 Å². The summed E-state index contributed by atoms with van der Waals surface area (Å²) in [7, 11) is 0.458. The van der Waals surface area contributed by atoms with Gasteiger partial charge in [-0.3, -0.25) is 42.5 Å². The Kier molecular flexibility index (Phi) is 14.2. The van der Waals surface area contributed by atoms with Crippen molar-refractivity contribution in [3.63, 3.8) is 0 Å². The molecule has 0 saturated carbocycles. The number of aromatic nitrogens is 21. The van der Waals surface area contributed by atoms with E-state index in [9.17, 15) is 19.3 Å². The summed E-state index contributed by atoms with van der Waals surface area (Å²) in [5.41, 5.74) is 24.9. The van der Waals surface area contributed by atoms with Crippen LogP contribution in [0.3, 0.4) is 0 Å². The monoisotopic (exact) mass is 1190 g/mol. The molecule has 9 heterocycles. The number of benzene rings is 3. The average molecular weight is 1190 g/mol. The maximum atomic E-state index is 13.2. The number of aryl methyl sites for hydroxylation is 9. The zero-order valence-electron chi connectivity index (χ0n) is 48.1. The van der Waals surface area contributed by atoms with E-state index in [-0.39, 0.29) is 51.6 Å². The number of fused-ring (bicyclic) bond motifs is 3. The van der Waals surface area contributed by atoms with Crippen LogP contribution in [0.5, 0.6) is 0 Å². The van der Waals surface area contributed by atoms with Gasteiger partial charge in [0.15, 0.2) is 55.1 Å². The summed E-state index contributed by atoms with van der Waals surface area (Å²) in [6.45, 7) is 10.9. The lowest BCUT2D eigenvalue weighted by Gasteiger charge is -2.17. The number of carbonyl (C=O) groups excluding carboxylic acids is 3. The van der Waals surface area contributed by atoms with Gasteiger partial charge in [0.25, 0.3) is 0 Å². The second kappa shape index (κ2) is 21.8. The van der Waals surface area contributed by atoms with Gasteiger partial charge in [-0.1, -0.05) is 0 Å². The van der Waals surface area contributed by atoms with Crippen LogP contribution in [0.15, 0.2) is 73.2 Å². The highest BCUT2D eigenvalue weighted by Gasteiger charge is 2.47. The molecule has 0 atom stereocenters. The van der Waals surface area contributed by atoms with Crippen molar-refractivity contribution >= 4 is 58.6 Å². The minimum absolute atomic E-state index is 0.159. The molecule has 7 N–H and O–H groups in total. The van der Waals surface area contributed by atoms with Gasteiger partial charge in [0, 0.05) is 90.3 Å². The molecule has 440 valence electrons. The van der Waals surface area contributed by atoms with Crippen LogP contribution >= 0.6 is 8.17 Å². The van der Waals surface area contributed by atoms with Gasteiger partial charge in [-0.25, -0.2) is 29.0 Å². The highest BCUT2D eigenvalue weighted by molar-refractivity contribution is 7.55. The fraction of sp³-hybridized carbons (Fsp3) is 0.278. The first-order valence-corrected chi connectivity index (χ1v) is 28.5. The molecule has 32 heteroatoms. The Hall–Kier alpha value is -10.2. The fourth-order valence-electron chi connectivity index (χ4n) is 10.3. The lowest BCUT2D eigenvalue weighted by atomic mass is 10.1. The van der Waals surface area contributed by atoms with Crippen molar-refractivity contribution in [2.24, 2.45) is 38.3 Å². The number of hydrogen-bond acceptors (Lipinski definition) is 19. The highest BCUT2D eigenvalue weighted by Crippen LogP contribution is 2.59. The van der Waals surface area contributed by atoms with E-state index in [1.165, 1.54) is 14.0 Å². The van der Waals surface area contributed by atoms with Gasteiger partial charge in [0.2, 0.25) is 17.7 Å². The topological polar surface area (TPSA) is 376 Å². The van der Waals surface area contributed by atoms with Crippen molar-refractivity contribution in [3.8, 4) is 68.7 Å². The number of hydrogen-bond donors (Lipinski definition) is 4. The van der Waals surface area contributed by atoms with Crippen LogP contribution in [0.4, 0.5) is 0 Å². The van der Waals surface area contributed by atoms with E-state index in [2.05, 4.69) is 30.6 Å². The smallest absolute Gasteiger partial charge is 0.366 e. The second-order valence-electron chi connectivity index (χ2n) is 20.2. The Bertz CT molecular complexity index is 4220. The predicted molar refractivity (Wildman–Crippen MR) is 312 cm³/mol. The van der Waals surface area contributed by atoms with Crippen LogP contribution in [0.25, 0.3) is 101 Å². The zero-order valence-corrected chi connectivity index (χ0v) is 49.0. The number of primary amides is 3. The van der Waals surface area contributed by atoms with Crippen molar-refractivity contribution in [1.29, 1.82) is 0 Å². The van der Waals surface area contributed by atoms with Crippen LogP contribution in [0.2, 0.25) is 0 Å². The summed E-state index contributed by atoms with van der Waals surface area (Å²) in [6, 6.07) is 15.2. The Morgan fingerprint density at radius 3 is 0.977 bits per heavy atom. The summed E-state index contributed by atoms with van der Waals surface area (Å²) in [6.07, 6.45) is 4.91. The van der Waals surface area contributed by atoms with Crippen LogP contribution in [0, 0.1) is 20.8 Å². The van der Waals surface area contributed by atoms with Crippen molar-refractivity contribution in [2.45, 2.75) is 81.4 Å². The van der Waals surface area contributed by atoms with Crippen LogP contribution < -0.4 is 17.2 Å². The predicted octanol–water partition coefficient (Wildman–Crippen LogP) is 4.99. The molecule has 12 rings (SSSR count). The van der Waals surface area contributed by atoms with Gasteiger partial charge >= 0.3 is 8.17 Å². The van der Waals surface area contributed by atoms with Crippen molar-refractivity contribution in [2.75, 3.05) is 0 Å².